The van der Waals surface area contributed by atoms with Crippen molar-refractivity contribution in [2.45, 2.75) is 25.8 Å². The van der Waals surface area contributed by atoms with E-state index in [4.69, 9.17) is 4.42 Å². The van der Waals surface area contributed by atoms with E-state index in [1.807, 2.05) is 12.1 Å². The molecule has 2 aromatic rings. The zero-order chi connectivity index (χ0) is 14.1. The molecule has 0 N–H and O–H groups in total. The van der Waals surface area contributed by atoms with Crippen molar-refractivity contribution in [2.75, 3.05) is 11.4 Å². The Balaban J connectivity index is 1.92. The van der Waals surface area contributed by atoms with Gasteiger partial charge < -0.3 is 9.32 Å². The van der Waals surface area contributed by atoms with Crippen LogP contribution in [0.25, 0.3) is 0 Å². The quantitative estimate of drug-likeness (QED) is 0.634. The summed E-state index contributed by atoms with van der Waals surface area (Å²) in [4.78, 5) is 16.8. The van der Waals surface area contributed by atoms with Crippen LogP contribution >= 0.6 is 0 Å². The van der Waals surface area contributed by atoms with Gasteiger partial charge in [0.05, 0.1) is 17.2 Å². The monoisotopic (exact) mass is 273 g/mol. The fourth-order valence-electron chi connectivity index (χ4n) is 2.70. The van der Waals surface area contributed by atoms with E-state index in [0.29, 0.717) is 5.56 Å². The number of nitrogens with zero attached hydrogens (tertiary/aromatic N) is 3. The van der Waals surface area contributed by atoms with Crippen LogP contribution in [-0.4, -0.2) is 16.5 Å². The highest BCUT2D eigenvalue weighted by molar-refractivity contribution is 5.50. The second-order valence-electron chi connectivity index (χ2n) is 4.95. The molecule has 104 valence electrons. The van der Waals surface area contributed by atoms with Gasteiger partial charge in [-0.2, -0.15) is 0 Å². The molecule has 1 aliphatic heterocycles. The predicted molar refractivity (Wildman–Crippen MR) is 73.7 cm³/mol. The lowest BCUT2D eigenvalue weighted by molar-refractivity contribution is -0.385. The number of anilines is 1. The molecule has 0 saturated carbocycles. The van der Waals surface area contributed by atoms with Gasteiger partial charge in [0.2, 0.25) is 0 Å². The summed E-state index contributed by atoms with van der Waals surface area (Å²) in [5.41, 5.74) is 0.688. The molecule has 6 nitrogen and oxygen atoms in total. The standard InChI is InChI=1S/C14H15N3O3/c1-10-8-14(15-9-12(10)17(18)19)16-6-2-4-11(16)13-5-3-7-20-13/h3,5,7-9,11H,2,4,6H2,1H3. The Morgan fingerprint density at radius 1 is 1.55 bits per heavy atom. The summed E-state index contributed by atoms with van der Waals surface area (Å²) in [7, 11) is 0. The van der Waals surface area contributed by atoms with Crippen LogP contribution < -0.4 is 4.90 Å². The fourth-order valence-corrected chi connectivity index (χ4v) is 2.70. The van der Waals surface area contributed by atoms with Crippen LogP contribution in [0.1, 0.15) is 30.2 Å². The van der Waals surface area contributed by atoms with Gasteiger partial charge in [-0.25, -0.2) is 4.98 Å². The Morgan fingerprint density at radius 2 is 2.40 bits per heavy atom. The van der Waals surface area contributed by atoms with Crippen LogP contribution in [0.5, 0.6) is 0 Å². The molecule has 0 amide bonds. The van der Waals surface area contributed by atoms with Crippen molar-refractivity contribution < 1.29 is 9.34 Å². The molecule has 0 radical (unpaired) electrons. The molecule has 1 fully saturated rings. The predicted octanol–water partition coefficient (Wildman–Crippen LogP) is 3.23. The molecule has 1 atom stereocenters. The molecule has 3 heterocycles. The second-order valence-corrected chi connectivity index (χ2v) is 4.95. The third-order valence-corrected chi connectivity index (χ3v) is 3.68. The van der Waals surface area contributed by atoms with Crippen molar-refractivity contribution in [3.63, 3.8) is 0 Å². The van der Waals surface area contributed by atoms with Crippen LogP contribution in [0.2, 0.25) is 0 Å². The summed E-state index contributed by atoms with van der Waals surface area (Å²) in [5, 5.41) is 10.8. The largest absolute Gasteiger partial charge is 0.467 e. The van der Waals surface area contributed by atoms with E-state index in [1.54, 1.807) is 19.3 Å². The Kier molecular flexibility index (Phi) is 3.14. The first kappa shape index (κ1) is 12.7. The molecule has 2 aromatic heterocycles. The number of aromatic nitrogens is 1. The van der Waals surface area contributed by atoms with E-state index < -0.39 is 4.92 Å². The highest BCUT2D eigenvalue weighted by atomic mass is 16.6. The van der Waals surface area contributed by atoms with E-state index in [0.717, 1.165) is 31.0 Å². The van der Waals surface area contributed by atoms with Crippen molar-refractivity contribution in [3.05, 3.63) is 52.1 Å². The smallest absolute Gasteiger partial charge is 0.290 e. The molecule has 0 aromatic carbocycles. The molecule has 0 spiro atoms. The third kappa shape index (κ3) is 2.13. The molecule has 1 unspecified atom stereocenters. The van der Waals surface area contributed by atoms with Crippen molar-refractivity contribution in [3.8, 4) is 0 Å². The molecule has 3 rings (SSSR count). The number of pyridine rings is 1. The van der Waals surface area contributed by atoms with Crippen LogP contribution in [0, 0.1) is 17.0 Å². The fraction of sp³-hybridized carbons (Fsp3) is 0.357. The maximum Gasteiger partial charge on any atom is 0.290 e. The van der Waals surface area contributed by atoms with Crippen LogP contribution in [-0.2, 0) is 0 Å². The summed E-state index contributed by atoms with van der Waals surface area (Å²) < 4.78 is 5.48. The van der Waals surface area contributed by atoms with E-state index in [9.17, 15) is 10.1 Å². The van der Waals surface area contributed by atoms with Gasteiger partial charge in [-0.3, -0.25) is 10.1 Å². The van der Waals surface area contributed by atoms with E-state index in [2.05, 4.69) is 9.88 Å². The van der Waals surface area contributed by atoms with Crippen molar-refractivity contribution in [1.29, 1.82) is 0 Å². The highest BCUT2D eigenvalue weighted by Crippen LogP contribution is 2.36. The first-order valence-corrected chi connectivity index (χ1v) is 6.58. The number of rotatable bonds is 3. The molecule has 20 heavy (non-hydrogen) atoms. The summed E-state index contributed by atoms with van der Waals surface area (Å²) in [6, 6.07) is 5.78. The number of hydrogen-bond donors (Lipinski definition) is 0. The maximum absolute atomic E-state index is 10.8. The van der Waals surface area contributed by atoms with Crippen LogP contribution in [0.15, 0.2) is 35.1 Å². The average molecular weight is 273 g/mol. The van der Waals surface area contributed by atoms with Gasteiger partial charge in [0, 0.05) is 12.1 Å². The zero-order valence-corrected chi connectivity index (χ0v) is 11.2. The summed E-state index contributed by atoms with van der Waals surface area (Å²) in [6.07, 6.45) is 5.07. The lowest BCUT2D eigenvalue weighted by Gasteiger charge is -2.24. The molecular weight excluding hydrogens is 258 g/mol. The van der Waals surface area contributed by atoms with Gasteiger partial charge in [-0.05, 0) is 38.0 Å². The SMILES string of the molecule is Cc1cc(N2CCCC2c2ccco2)ncc1[N+](=O)[O-]. The van der Waals surface area contributed by atoms with E-state index in [-0.39, 0.29) is 11.7 Å². The maximum atomic E-state index is 10.8. The molecule has 1 saturated heterocycles. The Labute approximate surface area is 116 Å². The first-order valence-electron chi connectivity index (χ1n) is 6.58. The van der Waals surface area contributed by atoms with Gasteiger partial charge in [0.25, 0.3) is 5.69 Å². The third-order valence-electron chi connectivity index (χ3n) is 3.68. The number of furan rings is 1. The van der Waals surface area contributed by atoms with Gasteiger partial charge in [0.1, 0.15) is 17.8 Å². The zero-order valence-electron chi connectivity index (χ0n) is 11.2. The normalized spacial score (nSPS) is 18.4. The molecule has 1 aliphatic rings. The molecule has 0 bridgehead atoms. The van der Waals surface area contributed by atoms with Gasteiger partial charge in [-0.15, -0.1) is 0 Å². The molecule has 6 heteroatoms. The van der Waals surface area contributed by atoms with Gasteiger partial charge in [-0.1, -0.05) is 0 Å². The van der Waals surface area contributed by atoms with Crippen LogP contribution in [0.4, 0.5) is 11.5 Å². The minimum absolute atomic E-state index is 0.0579. The summed E-state index contributed by atoms with van der Waals surface area (Å²) >= 11 is 0. The number of nitro groups is 1. The van der Waals surface area contributed by atoms with E-state index >= 15 is 0 Å². The average Bonchev–Trinajstić information content (AvgIpc) is 3.09. The van der Waals surface area contributed by atoms with Gasteiger partial charge in [0.15, 0.2) is 0 Å². The van der Waals surface area contributed by atoms with E-state index in [1.165, 1.54) is 6.20 Å². The summed E-state index contributed by atoms with van der Waals surface area (Å²) in [6.45, 7) is 2.62. The van der Waals surface area contributed by atoms with Crippen LogP contribution in [0.3, 0.4) is 0 Å². The lowest BCUT2D eigenvalue weighted by atomic mass is 10.1. The highest BCUT2D eigenvalue weighted by Gasteiger charge is 2.29. The van der Waals surface area contributed by atoms with Crippen molar-refractivity contribution in [1.82, 2.24) is 4.98 Å². The van der Waals surface area contributed by atoms with Crippen molar-refractivity contribution in [2.24, 2.45) is 0 Å². The first-order chi connectivity index (χ1) is 9.66. The molecule has 0 aliphatic carbocycles. The second kappa shape index (κ2) is 4.96. The Morgan fingerprint density at radius 3 is 3.05 bits per heavy atom. The lowest BCUT2D eigenvalue weighted by Crippen LogP contribution is -2.23. The minimum atomic E-state index is -0.403. The topological polar surface area (TPSA) is 72.4 Å². The minimum Gasteiger partial charge on any atom is -0.467 e. The number of aryl methyl sites for hydroxylation is 1. The number of hydrogen-bond acceptors (Lipinski definition) is 5. The van der Waals surface area contributed by atoms with Gasteiger partial charge >= 0.3 is 0 Å². The summed E-state index contributed by atoms with van der Waals surface area (Å²) in [5.74, 6) is 1.69. The Bertz CT molecular complexity index is 625. The Hall–Kier alpha value is -2.37. The molecular formula is C14H15N3O3. The van der Waals surface area contributed by atoms with Crippen molar-refractivity contribution >= 4 is 11.5 Å².